The molecule has 0 unspecified atom stereocenters. The Bertz CT molecular complexity index is 1180. The number of ether oxygens (including phenoxy) is 1. The van der Waals surface area contributed by atoms with Gasteiger partial charge < -0.3 is 9.15 Å². The summed E-state index contributed by atoms with van der Waals surface area (Å²) in [5.41, 5.74) is 4.20. The highest BCUT2D eigenvalue weighted by molar-refractivity contribution is 5.98. The van der Waals surface area contributed by atoms with Gasteiger partial charge in [0.25, 0.3) is 0 Å². The van der Waals surface area contributed by atoms with E-state index in [9.17, 15) is 14.9 Å². The van der Waals surface area contributed by atoms with Crippen LogP contribution in [-0.2, 0) is 16.1 Å². The summed E-state index contributed by atoms with van der Waals surface area (Å²) in [5, 5.41) is 10.0. The quantitative estimate of drug-likeness (QED) is 0.294. The third-order valence-corrected chi connectivity index (χ3v) is 4.53. The van der Waals surface area contributed by atoms with Crippen LogP contribution in [0, 0.1) is 32.1 Å². The number of rotatable bonds is 4. The summed E-state index contributed by atoms with van der Waals surface area (Å²) >= 11 is 0. The van der Waals surface area contributed by atoms with Crippen LogP contribution < -0.4 is 5.63 Å². The SMILES string of the molecule is Cc1ccc(/C=C(\C#N)C(=O)OCc2cc(=O)oc3cc(C)c(C)cc23)cc1. The van der Waals surface area contributed by atoms with Crippen molar-refractivity contribution in [3.05, 3.63) is 86.3 Å². The second kappa shape index (κ2) is 7.93. The Labute approximate surface area is 162 Å². The summed E-state index contributed by atoms with van der Waals surface area (Å²) in [6, 6.07) is 14.3. The summed E-state index contributed by atoms with van der Waals surface area (Å²) in [5.74, 6) is -0.742. The Balaban J connectivity index is 1.86. The smallest absolute Gasteiger partial charge is 0.349 e. The first-order valence-electron chi connectivity index (χ1n) is 8.77. The van der Waals surface area contributed by atoms with Crippen LogP contribution in [0.25, 0.3) is 17.0 Å². The van der Waals surface area contributed by atoms with Crippen molar-refractivity contribution in [3.63, 3.8) is 0 Å². The van der Waals surface area contributed by atoms with Gasteiger partial charge in [-0.1, -0.05) is 29.8 Å². The van der Waals surface area contributed by atoms with Crippen molar-refractivity contribution in [3.8, 4) is 6.07 Å². The van der Waals surface area contributed by atoms with Gasteiger partial charge in [-0.25, -0.2) is 9.59 Å². The molecule has 0 saturated carbocycles. The van der Waals surface area contributed by atoms with E-state index in [1.807, 2.05) is 57.2 Å². The van der Waals surface area contributed by atoms with Crippen LogP contribution in [-0.4, -0.2) is 5.97 Å². The first-order chi connectivity index (χ1) is 13.4. The molecule has 0 amide bonds. The van der Waals surface area contributed by atoms with Gasteiger partial charge in [0.15, 0.2) is 0 Å². The highest BCUT2D eigenvalue weighted by Crippen LogP contribution is 2.22. The Hall–Kier alpha value is -3.65. The van der Waals surface area contributed by atoms with E-state index >= 15 is 0 Å². The summed E-state index contributed by atoms with van der Waals surface area (Å²) in [4.78, 5) is 24.2. The number of aryl methyl sites for hydroxylation is 3. The number of benzene rings is 2. The lowest BCUT2D eigenvalue weighted by Crippen LogP contribution is -2.09. The number of hydrogen-bond donors (Lipinski definition) is 0. The number of nitriles is 1. The molecule has 0 atom stereocenters. The van der Waals surface area contributed by atoms with Gasteiger partial charge >= 0.3 is 11.6 Å². The predicted molar refractivity (Wildman–Crippen MR) is 107 cm³/mol. The minimum atomic E-state index is -0.742. The van der Waals surface area contributed by atoms with Crippen LogP contribution in [0.15, 0.2) is 57.2 Å². The number of hydrogen-bond acceptors (Lipinski definition) is 5. The van der Waals surface area contributed by atoms with Crippen molar-refractivity contribution in [2.45, 2.75) is 27.4 Å². The van der Waals surface area contributed by atoms with Gasteiger partial charge in [-0.05, 0) is 55.7 Å². The van der Waals surface area contributed by atoms with E-state index in [1.165, 1.54) is 12.1 Å². The average molecular weight is 373 g/mol. The largest absolute Gasteiger partial charge is 0.457 e. The van der Waals surface area contributed by atoms with E-state index in [0.717, 1.165) is 22.3 Å². The van der Waals surface area contributed by atoms with Gasteiger partial charge in [0, 0.05) is 17.0 Å². The molecule has 0 radical (unpaired) electrons. The zero-order valence-electron chi connectivity index (χ0n) is 15.9. The lowest BCUT2D eigenvalue weighted by Gasteiger charge is -2.09. The van der Waals surface area contributed by atoms with Gasteiger partial charge in [0.2, 0.25) is 0 Å². The molecule has 3 rings (SSSR count). The Morgan fingerprint density at radius 1 is 1.11 bits per heavy atom. The second-order valence-corrected chi connectivity index (χ2v) is 6.68. The molecule has 0 spiro atoms. The molecule has 1 aromatic heterocycles. The fraction of sp³-hybridized carbons (Fsp3) is 0.174. The van der Waals surface area contributed by atoms with E-state index in [1.54, 1.807) is 6.07 Å². The van der Waals surface area contributed by atoms with Crippen LogP contribution in [0.3, 0.4) is 0 Å². The van der Waals surface area contributed by atoms with Gasteiger partial charge in [-0.2, -0.15) is 5.26 Å². The molecule has 0 N–H and O–H groups in total. The van der Waals surface area contributed by atoms with Crippen LogP contribution in [0.4, 0.5) is 0 Å². The maximum atomic E-state index is 12.3. The van der Waals surface area contributed by atoms with Gasteiger partial charge in [0.1, 0.15) is 23.8 Å². The summed E-state index contributed by atoms with van der Waals surface area (Å²) in [6.45, 7) is 5.71. The first-order valence-corrected chi connectivity index (χ1v) is 8.77. The van der Waals surface area contributed by atoms with Crippen molar-refractivity contribution in [1.82, 2.24) is 0 Å². The van der Waals surface area contributed by atoms with E-state index in [-0.39, 0.29) is 12.2 Å². The number of esters is 1. The standard InChI is InChI=1S/C23H19NO4/c1-14-4-6-17(7-5-14)10-18(12-24)23(26)27-13-19-11-22(25)28-21-9-16(3)15(2)8-20(19)21/h4-11H,13H2,1-3H3/b18-10+. The number of carbonyl (C=O) groups excluding carboxylic acids is 1. The molecule has 0 saturated heterocycles. The predicted octanol–water partition coefficient (Wildman–Crippen LogP) is 4.37. The molecule has 0 aliphatic heterocycles. The van der Waals surface area contributed by atoms with Crippen molar-refractivity contribution in [2.75, 3.05) is 0 Å². The molecular formula is C23H19NO4. The number of nitrogens with zero attached hydrogens (tertiary/aromatic N) is 1. The molecule has 0 aliphatic carbocycles. The molecule has 0 bridgehead atoms. The van der Waals surface area contributed by atoms with Crippen LogP contribution in [0.2, 0.25) is 0 Å². The first kappa shape index (κ1) is 19.1. The lowest BCUT2D eigenvalue weighted by molar-refractivity contribution is -0.139. The maximum Gasteiger partial charge on any atom is 0.349 e. The Morgan fingerprint density at radius 3 is 2.46 bits per heavy atom. The fourth-order valence-corrected chi connectivity index (χ4v) is 2.79. The van der Waals surface area contributed by atoms with Crippen molar-refractivity contribution in [1.29, 1.82) is 5.26 Å². The molecule has 0 fully saturated rings. The van der Waals surface area contributed by atoms with E-state index in [0.29, 0.717) is 16.5 Å². The highest BCUT2D eigenvalue weighted by atomic mass is 16.5. The lowest BCUT2D eigenvalue weighted by atomic mass is 10.0. The summed E-state index contributed by atoms with van der Waals surface area (Å²) < 4.78 is 10.5. The van der Waals surface area contributed by atoms with Gasteiger partial charge in [-0.15, -0.1) is 0 Å². The van der Waals surface area contributed by atoms with Crippen LogP contribution >= 0.6 is 0 Å². The maximum absolute atomic E-state index is 12.3. The van der Waals surface area contributed by atoms with Crippen LogP contribution in [0.1, 0.15) is 27.8 Å². The van der Waals surface area contributed by atoms with Gasteiger partial charge in [0.05, 0.1) is 0 Å². The summed E-state index contributed by atoms with van der Waals surface area (Å²) in [6.07, 6.45) is 1.48. The minimum Gasteiger partial charge on any atom is -0.457 e. The molecule has 1 heterocycles. The highest BCUT2D eigenvalue weighted by Gasteiger charge is 2.14. The minimum absolute atomic E-state index is 0.108. The van der Waals surface area contributed by atoms with Crippen molar-refractivity contribution >= 4 is 23.0 Å². The summed E-state index contributed by atoms with van der Waals surface area (Å²) in [7, 11) is 0. The van der Waals surface area contributed by atoms with E-state index < -0.39 is 11.6 Å². The van der Waals surface area contributed by atoms with Crippen molar-refractivity contribution < 1.29 is 13.9 Å². The molecule has 3 aromatic rings. The van der Waals surface area contributed by atoms with Crippen molar-refractivity contribution in [2.24, 2.45) is 0 Å². The molecule has 140 valence electrons. The molecular weight excluding hydrogens is 354 g/mol. The molecule has 28 heavy (non-hydrogen) atoms. The second-order valence-electron chi connectivity index (χ2n) is 6.68. The zero-order valence-corrected chi connectivity index (χ0v) is 15.9. The zero-order chi connectivity index (χ0) is 20.3. The van der Waals surface area contributed by atoms with Crippen LogP contribution in [0.5, 0.6) is 0 Å². The third kappa shape index (κ3) is 4.18. The fourth-order valence-electron chi connectivity index (χ4n) is 2.79. The average Bonchev–Trinajstić information content (AvgIpc) is 2.66. The van der Waals surface area contributed by atoms with E-state index in [2.05, 4.69) is 0 Å². The molecule has 5 nitrogen and oxygen atoms in total. The van der Waals surface area contributed by atoms with Gasteiger partial charge in [-0.3, -0.25) is 0 Å². The Kier molecular flexibility index (Phi) is 5.42. The monoisotopic (exact) mass is 373 g/mol. The molecule has 5 heteroatoms. The Morgan fingerprint density at radius 2 is 1.79 bits per heavy atom. The topological polar surface area (TPSA) is 80.3 Å². The normalized spacial score (nSPS) is 11.3. The number of carbonyl (C=O) groups is 1. The molecule has 2 aromatic carbocycles. The number of fused-ring (bicyclic) bond motifs is 1. The van der Waals surface area contributed by atoms with E-state index in [4.69, 9.17) is 9.15 Å². The molecule has 0 aliphatic rings. The third-order valence-electron chi connectivity index (χ3n) is 4.53.